The van der Waals surface area contributed by atoms with Crippen LogP contribution >= 0.6 is 24.4 Å². The Morgan fingerprint density at radius 3 is 1.00 bits per heavy atom. The van der Waals surface area contributed by atoms with Crippen LogP contribution in [0.15, 0.2) is 48.5 Å². The lowest BCUT2D eigenvalue weighted by Gasteiger charge is -2.28. The molecule has 0 aliphatic carbocycles. The highest BCUT2D eigenvalue weighted by Crippen LogP contribution is 2.23. The second-order valence-corrected chi connectivity index (χ2v) is 7.88. The molecule has 0 bridgehead atoms. The lowest BCUT2D eigenvalue weighted by Crippen LogP contribution is -2.39. The molecule has 4 nitrogen and oxygen atoms in total. The van der Waals surface area contributed by atoms with E-state index in [9.17, 15) is 0 Å². The minimum atomic E-state index is 0.635. The molecule has 0 heterocycles. The van der Waals surface area contributed by atoms with E-state index in [0.717, 1.165) is 37.6 Å². The second kappa shape index (κ2) is 11.3. The van der Waals surface area contributed by atoms with Gasteiger partial charge in [-0.1, -0.05) is 24.4 Å². The molecule has 0 amide bonds. The SMILES string of the molecule is CCN(CC)c1ccc(N(C)C(=S)C(=S)N(C)c2ccc(N(CC)CC)cc2)cc1. The minimum absolute atomic E-state index is 0.635. The van der Waals surface area contributed by atoms with Crippen molar-refractivity contribution in [2.45, 2.75) is 27.7 Å². The summed E-state index contributed by atoms with van der Waals surface area (Å²) in [5.41, 5.74) is 4.50. The Balaban J connectivity index is 2.11. The standard InChI is InChI=1S/C24H34N4S2/c1-7-27(8-2)21-15-11-19(12-16-21)25(5)23(29)24(30)26(6)20-13-17-22(18-14-20)28(9-3)10-4/h11-18H,7-10H2,1-6H3. The van der Waals surface area contributed by atoms with Crippen LogP contribution in [0.1, 0.15) is 27.7 Å². The van der Waals surface area contributed by atoms with Gasteiger partial charge in [0.1, 0.15) is 9.98 Å². The molecule has 0 saturated carbocycles. The Bertz CT molecular complexity index is 754. The van der Waals surface area contributed by atoms with Gasteiger partial charge in [0, 0.05) is 63.0 Å². The van der Waals surface area contributed by atoms with Crippen molar-refractivity contribution in [3.8, 4) is 0 Å². The van der Waals surface area contributed by atoms with Crippen molar-refractivity contribution in [2.75, 3.05) is 59.9 Å². The van der Waals surface area contributed by atoms with E-state index in [2.05, 4.69) is 86.0 Å². The first-order chi connectivity index (χ1) is 14.4. The first-order valence-electron chi connectivity index (χ1n) is 10.6. The molecule has 6 heteroatoms. The molecule has 0 unspecified atom stereocenters. The van der Waals surface area contributed by atoms with E-state index in [-0.39, 0.29) is 0 Å². The summed E-state index contributed by atoms with van der Waals surface area (Å²) in [7, 11) is 3.94. The third-order valence-electron chi connectivity index (χ3n) is 5.52. The van der Waals surface area contributed by atoms with Crippen LogP contribution in [0.4, 0.5) is 22.7 Å². The molecule has 2 rings (SSSR count). The molecule has 0 radical (unpaired) electrons. The number of anilines is 4. The summed E-state index contributed by atoms with van der Waals surface area (Å²) in [6, 6.07) is 17.0. The van der Waals surface area contributed by atoms with Crippen molar-refractivity contribution >= 4 is 57.2 Å². The molecule has 0 aliphatic heterocycles. The monoisotopic (exact) mass is 442 g/mol. The second-order valence-electron chi connectivity index (χ2n) is 7.11. The Labute approximate surface area is 193 Å². The normalized spacial score (nSPS) is 10.5. The van der Waals surface area contributed by atoms with Crippen LogP contribution in [0.2, 0.25) is 0 Å². The summed E-state index contributed by atoms with van der Waals surface area (Å²) in [5, 5.41) is 0. The van der Waals surface area contributed by atoms with Gasteiger partial charge in [-0.2, -0.15) is 0 Å². The number of hydrogen-bond acceptors (Lipinski definition) is 4. The van der Waals surface area contributed by atoms with Gasteiger partial charge in [0.2, 0.25) is 0 Å². The predicted molar refractivity (Wildman–Crippen MR) is 142 cm³/mol. The van der Waals surface area contributed by atoms with E-state index in [1.165, 1.54) is 11.4 Å². The maximum atomic E-state index is 5.72. The fourth-order valence-electron chi connectivity index (χ4n) is 3.47. The number of benzene rings is 2. The first-order valence-corrected chi connectivity index (χ1v) is 11.4. The molecule has 0 aromatic heterocycles. The van der Waals surface area contributed by atoms with Crippen LogP contribution in [0.5, 0.6) is 0 Å². The highest BCUT2D eigenvalue weighted by molar-refractivity contribution is 7.89. The maximum absolute atomic E-state index is 5.72. The van der Waals surface area contributed by atoms with Crippen LogP contribution < -0.4 is 19.6 Å². The molecule has 2 aromatic rings. The highest BCUT2D eigenvalue weighted by Gasteiger charge is 2.17. The number of rotatable bonds is 8. The van der Waals surface area contributed by atoms with Crippen molar-refractivity contribution in [2.24, 2.45) is 0 Å². The van der Waals surface area contributed by atoms with Crippen LogP contribution in [0, 0.1) is 0 Å². The van der Waals surface area contributed by atoms with Gasteiger partial charge in [-0.3, -0.25) is 0 Å². The zero-order valence-electron chi connectivity index (χ0n) is 19.1. The molecule has 0 aliphatic rings. The van der Waals surface area contributed by atoms with Gasteiger partial charge in [-0.15, -0.1) is 0 Å². The van der Waals surface area contributed by atoms with E-state index in [0.29, 0.717) is 9.98 Å². The largest absolute Gasteiger partial charge is 0.372 e. The summed E-state index contributed by atoms with van der Waals surface area (Å²) in [5.74, 6) is 0. The number of hydrogen-bond donors (Lipinski definition) is 0. The van der Waals surface area contributed by atoms with E-state index in [1.807, 2.05) is 23.9 Å². The first kappa shape index (κ1) is 24.1. The molecule has 0 spiro atoms. The Morgan fingerprint density at radius 2 is 0.767 bits per heavy atom. The Kier molecular flexibility index (Phi) is 9.06. The third kappa shape index (κ3) is 5.49. The molecular weight excluding hydrogens is 408 g/mol. The van der Waals surface area contributed by atoms with Crippen molar-refractivity contribution < 1.29 is 0 Å². The maximum Gasteiger partial charge on any atom is 0.141 e. The molecule has 0 saturated heterocycles. The average molecular weight is 443 g/mol. The van der Waals surface area contributed by atoms with Gasteiger partial charge < -0.3 is 19.6 Å². The molecule has 0 fully saturated rings. The van der Waals surface area contributed by atoms with Gasteiger partial charge in [-0.25, -0.2) is 0 Å². The molecule has 30 heavy (non-hydrogen) atoms. The zero-order chi connectivity index (χ0) is 22.3. The van der Waals surface area contributed by atoms with Crippen molar-refractivity contribution in [1.82, 2.24) is 0 Å². The number of nitrogens with zero attached hydrogens (tertiary/aromatic N) is 4. The summed E-state index contributed by atoms with van der Waals surface area (Å²) in [6.07, 6.45) is 0. The fraction of sp³-hybridized carbons (Fsp3) is 0.417. The van der Waals surface area contributed by atoms with Crippen molar-refractivity contribution in [3.05, 3.63) is 48.5 Å². The van der Waals surface area contributed by atoms with Crippen molar-refractivity contribution in [1.29, 1.82) is 0 Å². The van der Waals surface area contributed by atoms with Crippen molar-refractivity contribution in [3.63, 3.8) is 0 Å². The highest BCUT2D eigenvalue weighted by atomic mass is 32.1. The predicted octanol–water partition coefficient (Wildman–Crippen LogP) is 5.61. The molecule has 0 atom stereocenters. The summed E-state index contributed by atoms with van der Waals surface area (Å²) in [6.45, 7) is 12.6. The lowest BCUT2D eigenvalue weighted by molar-refractivity contribution is 0.866. The molecule has 2 aromatic carbocycles. The third-order valence-corrected chi connectivity index (χ3v) is 6.59. The van der Waals surface area contributed by atoms with Gasteiger partial charge in [-0.05, 0) is 76.2 Å². The lowest BCUT2D eigenvalue weighted by atomic mass is 10.2. The summed E-state index contributed by atoms with van der Waals surface area (Å²) < 4.78 is 0. The van der Waals surface area contributed by atoms with Gasteiger partial charge >= 0.3 is 0 Å². The van der Waals surface area contributed by atoms with Crippen LogP contribution in [0.3, 0.4) is 0 Å². The van der Waals surface area contributed by atoms with Crippen LogP contribution in [0.25, 0.3) is 0 Å². The van der Waals surface area contributed by atoms with E-state index in [1.54, 1.807) is 0 Å². The van der Waals surface area contributed by atoms with E-state index >= 15 is 0 Å². The van der Waals surface area contributed by atoms with Gasteiger partial charge in [0.25, 0.3) is 0 Å². The number of thiocarbonyl (C=S) groups is 2. The molecule has 162 valence electrons. The number of likely N-dealkylation sites (N-methyl/N-ethyl adjacent to an activating group) is 2. The van der Waals surface area contributed by atoms with E-state index in [4.69, 9.17) is 24.4 Å². The minimum Gasteiger partial charge on any atom is -0.372 e. The fourth-order valence-corrected chi connectivity index (χ4v) is 3.96. The summed E-state index contributed by atoms with van der Waals surface area (Å²) >= 11 is 11.4. The van der Waals surface area contributed by atoms with Crippen LogP contribution in [-0.2, 0) is 0 Å². The molecular formula is C24H34N4S2. The zero-order valence-corrected chi connectivity index (χ0v) is 20.7. The summed E-state index contributed by atoms with van der Waals surface area (Å²) in [4.78, 5) is 9.87. The smallest absolute Gasteiger partial charge is 0.141 e. The molecule has 0 N–H and O–H groups in total. The average Bonchev–Trinajstić information content (AvgIpc) is 2.79. The van der Waals surface area contributed by atoms with E-state index < -0.39 is 0 Å². The van der Waals surface area contributed by atoms with Gasteiger partial charge in [0.05, 0.1) is 0 Å². The Morgan fingerprint density at radius 1 is 0.533 bits per heavy atom. The Hall–Kier alpha value is -2.18. The van der Waals surface area contributed by atoms with Crippen LogP contribution in [-0.4, -0.2) is 50.3 Å². The quantitative estimate of drug-likeness (QED) is 0.490. The van der Waals surface area contributed by atoms with Gasteiger partial charge in [0.15, 0.2) is 0 Å². The topological polar surface area (TPSA) is 13.0 Å².